The van der Waals surface area contributed by atoms with E-state index in [2.05, 4.69) is 20.3 Å². The van der Waals surface area contributed by atoms with Crippen molar-refractivity contribution in [2.75, 3.05) is 6.54 Å². The quantitative estimate of drug-likeness (QED) is 0.651. The summed E-state index contributed by atoms with van der Waals surface area (Å²) in [6.07, 6.45) is 2.76. The van der Waals surface area contributed by atoms with Crippen molar-refractivity contribution in [3.05, 3.63) is 47.4 Å². The lowest BCUT2D eigenvalue weighted by Gasteiger charge is -2.08. The van der Waals surface area contributed by atoms with E-state index >= 15 is 0 Å². The van der Waals surface area contributed by atoms with E-state index in [1.54, 1.807) is 7.05 Å². The molecule has 2 heterocycles. The maximum Gasteiger partial charge on any atom is 0.260 e. The van der Waals surface area contributed by atoms with E-state index in [9.17, 15) is 13.2 Å². The number of hydrogen-bond donors (Lipinski definition) is 3. The zero-order chi connectivity index (χ0) is 17.2. The second kappa shape index (κ2) is 7.96. The highest BCUT2D eigenvalue weighted by Crippen LogP contribution is 2.16. The summed E-state index contributed by atoms with van der Waals surface area (Å²) < 4.78 is 27.7. The number of imidazole rings is 1. The fraction of sp³-hybridized carbons (Fsp3) is 0.333. The van der Waals surface area contributed by atoms with E-state index in [4.69, 9.17) is 0 Å². The number of rotatable bonds is 6. The van der Waals surface area contributed by atoms with Gasteiger partial charge in [-0.15, -0.1) is 12.4 Å². The largest absolute Gasteiger partial charge is 0.351 e. The zero-order valence-electron chi connectivity index (χ0n) is 13.7. The average Bonchev–Trinajstić information content (AvgIpc) is 3.19. The number of halogens is 1. The summed E-state index contributed by atoms with van der Waals surface area (Å²) in [5.41, 5.74) is 3.49. The van der Waals surface area contributed by atoms with E-state index in [0.717, 1.165) is 18.7 Å². The Hall–Kier alpha value is -1.94. The molecule has 0 unspecified atom stereocenters. The first-order chi connectivity index (χ1) is 11.4. The Morgan fingerprint density at radius 1 is 1.32 bits per heavy atom. The molecule has 3 N–H and O–H groups in total. The second-order valence-electron chi connectivity index (χ2n) is 5.69. The van der Waals surface area contributed by atoms with E-state index in [0.29, 0.717) is 6.54 Å². The Balaban J connectivity index is 0.00000225. The predicted molar refractivity (Wildman–Crippen MR) is 94.5 cm³/mol. The van der Waals surface area contributed by atoms with Crippen LogP contribution in [-0.4, -0.2) is 30.4 Å². The topological polar surface area (TPSA) is 105 Å². The third-order valence-corrected chi connectivity index (χ3v) is 5.06. The molecule has 1 aromatic carbocycles. The van der Waals surface area contributed by atoms with Crippen molar-refractivity contribution in [2.45, 2.75) is 24.7 Å². The summed E-state index contributed by atoms with van der Waals surface area (Å²) >= 11 is 0. The number of aromatic nitrogens is 2. The minimum absolute atomic E-state index is 0. The molecule has 3 rings (SSSR count). The van der Waals surface area contributed by atoms with Gasteiger partial charge in [0, 0.05) is 32.9 Å². The smallest absolute Gasteiger partial charge is 0.260 e. The lowest BCUT2D eigenvalue weighted by atomic mass is 10.1. The number of sulfonamides is 1. The molecule has 0 bridgehead atoms. The fourth-order valence-electron chi connectivity index (χ4n) is 2.48. The number of nitrogens with zero attached hydrogens (tertiary/aromatic N) is 2. The normalized spacial score (nSPS) is 13.2. The molecule has 136 valence electrons. The molecule has 1 aliphatic heterocycles. The van der Waals surface area contributed by atoms with Crippen molar-refractivity contribution in [3.8, 4) is 0 Å². The van der Waals surface area contributed by atoms with E-state index < -0.39 is 15.9 Å². The molecule has 0 saturated heterocycles. The predicted octanol–water partition coefficient (Wildman–Crippen LogP) is 0.0398. The average molecular weight is 386 g/mol. The van der Waals surface area contributed by atoms with Crippen molar-refractivity contribution in [2.24, 2.45) is 7.05 Å². The standard InChI is InChI=1S/C15H19N5O3S.ClH/c1-20-9-15(18-10-20)24(22,23)19-8-14(21)17-5-11-2-3-12-6-16-7-13(12)4-11;/h2-4,9-10,16,19H,5-8H2,1H3,(H,17,21);1H. The Morgan fingerprint density at radius 2 is 2.08 bits per heavy atom. The van der Waals surface area contributed by atoms with Crippen molar-refractivity contribution >= 4 is 28.3 Å². The molecule has 1 amide bonds. The van der Waals surface area contributed by atoms with Gasteiger partial charge in [-0.05, 0) is 16.7 Å². The third kappa shape index (κ3) is 4.79. The van der Waals surface area contributed by atoms with Crippen molar-refractivity contribution < 1.29 is 13.2 Å². The highest BCUT2D eigenvalue weighted by atomic mass is 35.5. The molecule has 0 aliphatic carbocycles. The maximum atomic E-state index is 12.0. The van der Waals surface area contributed by atoms with Gasteiger partial charge in [0.25, 0.3) is 10.0 Å². The molecule has 2 aromatic rings. The van der Waals surface area contributed by atoms with Gasteiger partial charge in [0.05, 0.1) is 12.9 Å². The van der Waals surface area contributed by atoms with Crippen molar-refractivity contribution in [1.29, 1.82) is 0 Å². The van der Waals surface area contributed by atoms with Gasteiger partial charge in [-0.25, -0.2) is 18.1 Å². The highest BCUT2D eigenvalue weighted by Gasteiger charge is 2.18. The molecule has 0 atom stereocenters. The SMILES string of the molecule is Cl.Cn1cnc(S(=O)(=O)NCC(=O)NCc2ccc3c(c2)CNC3)c1. The molecular formula is C15H20ClN5O3S. The van der Waals surface area contributed by atoms with Gasteiger partial charge in [0.15, 0.2) is 5.03 Å². The number of benzene rings is 1. The minimum atomic E-state index is -3.78. The minimum Gasteiger partial charge on any atom is -0.351 e. The van der Waals surface area contributed by atoms with Gasteiger partial charge >= 0.3 is 0 Å². The Labute approximate surface area is 152 Å². The van der Waals surface area contributed by atoms with Crippen LogP contribution >= 0.6 is 12.4 Å². The van der Waals surface area contributed by atoms with Crippen LogP contribution in [0.1, 0.15) is 16.7 Å². The summed E-state index contributed by atoms with van der Waals surface area (Å²) in [6.45, 7) is 1.74. The summed E-state index contributed by atoms with van der Waals surface area (Å²) in [6, 6.07) is 6.05. The molecule has 1 aromatic heterocycles. The summed E-state index contributed by atoms with van der Waals surface area (Å²) in [7, 11) is -2.11. The summed E-state index contributed by atoms with van der Waals surface area (Å²) in [5, 5.41) is 5.86. The number of fused-ring (bicyclic) bond motifs is 1. The molecule has 25 heavy (non-hydrogen) atoms. The van der Waals surface area contributed by atoms with Gasteiger partial charge in [0.2, 0.25) is 5.91 Å². The highest BCUT2D eigenvalue weighted by molar-refractivity contribution is 7.89. The molecule has 0 radical (unpaired) electrons. The van der Waals surface area contributed by atoms with Crippen LogP contribution in [0.25, 0.3) is 0 Å². The molecule has 10 heteroatoms. The first-order valence-corrected chi connectivity index (χ1v) is 8.98. The van der Waals surface area contributed by atoms with Gasteiger partial charge in [-0.3, -0.25) is 4.79 Å². The molecule has 0 fully saturated rings. The summed E-state index contributed by atoms with van der Waals surface area (Å²) in [4.78, 5) is 15.6. The van der Waals surface area contributed by atoms with Crippen LogP contribution in [0.4, 0.5) is 0 Å². The molecule has 8 nitrogen and oxygen atoms in total. The van der Waals surface area contributed by atoms with E-state index in [1.807, 2.05) is 18.2 Å². The number of amides is 1. The Kier molecular flexibility index (Phi) is 6.17. The molecule has 1 aliphatic rings. The van der Waals surface area contributed by atoms with Crippen LogP contribution in [0, 0.1) is 0 Å². The van der Waals surface area contributed by atoms with Crippen LogP contribution in [0.2, 0.25) is 0 Å². The van der Waals surface area contributed by atoms with Crippen LogP contribution in [-0.2, 0) is 41.5 Å². The zero-order valence-corrected chi connectivity index (χ0v) is 15.3. The van der Waals surface area contributed by atoms with Crippen molar-refractivity contribution in [1.82, 2.24) is 24.9 Å². The lowest BCUT2D eigenvalue weighted by molar-refractivity contribution is -0.120. The number of aryl methyl sites for hydroxylation is 1. The fourth-order valence-corrected chi connectivity index (χ4v) is 3.44. The second-order valence-corrected chi connectivity index (χ2v) is 7.40. The Morgan fingerprint density at radius 3 is 2.80 bits per heavy atom. The van der Waals surface area contributed by atoms with Crippen molar-refractivity contribution in [3.63, 3.8) is 0 Å². The summed E-state index contributed by atoms with van der Waals surface area (Å²) in [5.74, 6) is -0.395. The monoisotopic (exact) mass is 385 g/mol. The van der Waals surface area contributed by atoms with Crippen LogP contribution in [0.5, 0.6) is 0 Å². The van der Waals surface area contributed by atoms with Crippen LogP contribution < -0.4 is 15.4 Å². The van der Waals surface area contributed by atoms with Crippen LogP contribution in [0.15, 0.2) is 35.7 Å². The molecule has 0 saturated carbocycles. The van der Waals surface area contributed by atoms with Crippen LogP contribution in [0.3, 0.4) is 0 Å². The lowest BCUT2D eigenvalue weighted by Crippen LogP contribution is -2.36. The van der Waals surface area contributed by atoms with Gasteiger partial charge in [-0.1, -0.05) is 18.2 Å². The first-order valence-electron chi connectivity index (χ1n) is 7.50. The van der Waals surface area contributed by atoms with Gasteiger partial charge in [0.1, 0.15) is 0 Å². The number of carbonyl (C=O) groups excluding carboxylic acids is 1. The number of nitrogens with one attached hydrogen (secondary N) is 3. The Bertz CT molecular complexity index is 866. The maximum absolute atomic E-state index is 12.0. The van der Waals surface area contributed by atoms with Gasteiger partial charge in [-0.2, -0.15) is 0 Å². The third-order valence-electron chi connectivity index (χ3n) is 3.77. The first kappa shape index (κ1) is 19.4. The van der Waals surface area contributed by atoms with E-state index in [1.165, 1.54) is 28.2 Å². The molecular weight excluding hydrogens is 366 g/mol. The number of carbonyl (C=O) groups is 1. The van der Waals surface area contributed by atoms with Gasteiger partial charge < -0.3 is 15.2 Å². The molecule has 0 spiro atoms. The van der Waals surface area contributed by atoms with E-state index in [-0.39, 0.29) is 24.0 Å². The number of hydrogen-bond acceptors (Lipinski definition) is 5.